The molecular formula is C10H22N2O2S. The predicted molar refractivity (Wildman–Crippen MR) is 63.6 cm³/mol. The van der Waals surface area contributed by atoms with Crippen molar-refractivity contribution in [1.29, 1.82) is 0 Å². The van der Waals surface area contributed by atoms with Gasteiger partial charge in [0.2, 0.25) is 0 Å². The van der Waals surface area contributed by atoms with Crippen LogP contribution in [0.3, 0.4) is 0 Å². The molecule has 0 radical (unpaired) electrons. The van der Waals surface area contributed by atoms with E-state index in [1.54, 1.807) is 6.26 Å². The summed E-state index contributed by atoms with van der Waals surface area (Å²) in [4.78, 5) is 2.28. The van der Waals surface area contributed by atoms with Gasteiger partial charge in [-0.3, -0.25) is 4.21 Å². The van der Waals surface area contributed by atoms with Crippen LogP contribution in [0.2, 0.25) is 0 Å². The average molecular weight is 234 g/mol. The highest BCUT2D eigenvalue weighted by molar-refractivity contribution is 7.84. The Labute approximate surface area is 94.8 Å². The van der Waals surface area contributed by atoms with E-state index < -0.39 is 10.8 Å². The maximum atomic E-state index is 11.0. The first-order valence-corrected chi connectivity index (χ1v) is 7.14. The van der Waals surface area contributed by atoms with Crippen LogP contribution in [0.4, 0.5) is 0 Å². The smallest absolute Gasteiger partial charge is 0.0826 e. The number of ether oxygens (including phenoxy) is 1. The molecule has 0 spiro atoms. The zero-order chi connectivity index (χ0) is 11.3. The number of nitrogens with one attached hydrogen (secondary N) is 1. The van der Waals surface area contributed by atoms with E-state index in [0.29, 0.717) is 11.8 Å². The van der Waals surface area contributed by atoms with Crippen LogP contribution >= 0.6 is 0 Å². The van der Waals surface area contributed by atoms with Gasteiger partial charge >= 0.3 is 0 Å². The van der Waals surface area contributed by atoms with Gasteiger partial charge in [0.05, 0.1) is 12.7 Å². The molecule has 1 saturated heterocycles. The summed E-state index contributed by atoms with van der Waals surface area (Å²) in [6.07, 6.45) is 2.01. The minimum atomic E-state index is -0.723. The van der Waals surface area contributed by atoms with Gasteiger partial charge in [0, 0.05) is 48.5 Å². The molecule has 0 aliphatic carbocycles. The van der Waals surface area contributed by atoms with Gasteiger partial charge in [-0.1, -0.05) is 0 Å². The molecule has 1 aliphatic rings. The quantitative estimate of drug-likeness (QED) is 0.707. The minimum Gasteiger partial charge on any atom is -0.374 e. The van der Waals surface area contributed by atoms with Crippen LogP contribution in [0, 0.1) is 0 Å². The first kappa shape index (κ1) is 13.1. The Hall–Kier alpha value is 0.0300. The highest BCUT2D eigenvalue weighted by Crippen LogP contribution is 2.01. The second kappa shape index (κ2) is 6.58. The molecule has 3 atom stereocenters. The molecule has 0 aromatic carbocycles. The van der Waals surface area contributed by atoms with E-state index >= 15 is 0 Å². The minimum absolute atomic E-state index is 0.275. The molecule has 1 aliphatic heterocycles. The molecule has 0 aromatic rings. The van der Waals surface area contributed by atoms with Crippen molar-refractivity contribution in [2.75, 3.05) is 45.3 Å². The van der Waals surface area contributed by atoms with E-state index in [9.17, 15) is 4.21 Å². The van der Waals surface area contributed by atoms with Gasteiger partial charge in [-0.2, -0.15) is 0 Å². The topological polar surface area (TPSA) is 41.6 Å². The number of nitrogens with zero attached hydrogens (tertiary/aromatic N) is 1. The lowest BCUT2D eigenvalue weighted by molar-refractivity contribution is -0.0188. The number of morpholine rings is 1. The summed E-state index contributed by atoms with van der Waals surface area (Å²) in [5.41, 5.74) is 0. The first-order chi connectivity index (χ1) is 7.08. The van der Waals surface area contributed by atoms with Crippen LogP contribution < -0.4 is 5.32 Å². The summed E-state index contributed by atoms with van der Waals surface area (Å²) in [6.45, 7) is 5.73. The van der Waals surface area contributed by atoms with E-state index in [-0.39, 0.29) is 6.10 Å². The Bertz CT molecular complexity index is 214. The molecule has 1 heterocycles. The summed E-state index contributed by atoms with van der Waals surface area (Å²) in [7, 11) is 1.39. The van der Waals surface area contributed by atoms with E-state index in [1.165, 1.54) is 0 Å². The summed E-state index contributed by atoms with van der Waals surface area (Å²) < 4.78 is 16.6. The largest absolute Gasteiger partial charge is 0.374 e. The SMILES string of the molecule is CC(CS(C)=O)NCC1CN(C)CCO1. The van der Waals surface area contributed by atoms with Gasteiger partial charge in [-0.15, -0.1) is 0 Å². The fourth-order valence-electron chi connectivity index (χ4n) is 1.73. The van der Waals surface area contributed by atoms with E-state index in [1.807, 2.05) is 0 Å². The molecule has 15 heavy (non-hydrogen) atoms. The molecule has 0 aromatic heterocycles. The van der Waals surface area contributed by atoms with E-state index in [2.05, 4.69) is 24.2 Å². The highest BCUT2D eigenvalue weighted by Gasteiger charge is 2.17. The Morgan fingerprint density at radius 2 is 2.40 bits per heavy atom. The summed E-state index contributed by atoms with van der Waals surface area (Å²) in [5, 5.41) is 3.36. The van der Waals surface area contributed by atoms with E-state index in [4.69, 9.17) is 4.74 Å². The fraction of sp³-hybridized carbons (Fsp3) is 1.00. The third-order valence-corrected chi connectivity index (χ3v) is 3.49. The molecule has 5 heteroatoms. The van der Waals surface area contributed by atoms with Gasteiger partial charge in [-0.05, 0) is 14.0 Å². The average Bonchev–Trinajstić information content (AvgIpc) is 2.14. The number of rotatable bonds is 5. The van der Waals surface area contributed by atoms with Gasteiger partial charge in [0.25, 0.3) is 0 Å². The molecule has 1 N–H and O–H groups in total. The second-order valence-corrected chi connectivity index (χ2v) is 5.78. The normalized spacial score (nSPS) is 27.5. The van der Waals surface area contributed by atoms with Gasteiger partial charge in [0.15, 0.2) is 0 Å². The van der Waals surface area contributed by atoms with Crippen molar-refractivity contribution in [1.82, 2.24) is 10.2 Å². The Kier molecular flexibility index (Phi) is 5.74. The van der Waals surface area contributed by atoms with Crippen LogP contribution in [-0.2, 0) is 15.5 Å². The van der Waals surface area contributed by atoms with Gasteiger partial charge in [0.1, 0.15) is 0 Å². The van der Waals surface area contributed by atoms with Crippen LogP contribution in [0.5, 0.6) is 0 Å². The lowest BCUT2D eigenvalue weighted by Gasteiger charge is -2.30. The van der Waals surface area contributed by atoms with Gasteiger partial charge < -0.3 is 15.0 Å². The zero-order valence-corrected chi connectivity index (χ0v) is 10.7. The lowest BCUT2D eigenvalue weighted by atomic mass is 10.2. The molecular weight excluding hydrogens is 212 g/mol. The van der Waals surface area contributed by atoms with Crippen molar-refractivity contribution < 1.29 is 8.95 Å². The molecule has 0 amide bonds. The molecule has 90 valence electrons. The van der Waals surface area contributed by atoms with E-state index in [0.717, 1.165) is 26.2 Å². The Morgan fingerprint density at radius 3 is 3.00 bits per heavy atom. The van der Waals surface area contributed by atoms with Crippen LogP contribution in [0.25, 0.3) is 0 Å². The first-order valence-electron chi connectivity index (χ1n) is 5.41. The number of hydrogen-bond donors (Lipinski definition) is 1. The number of likely N-dealkylation sites (N-methyl/N-ethyl adjacent to an activating group) is 1. The standard InChI is InChI=1S/C10H22N2O2S/c1-9(8-15(3)13)11-6-10-7-12(2)4-5-14-10/h9-11H,4-8H2,1-3H3. The van der Waals surface area contributed by atoms with Crippen molar-refractivity contribution in [2.24, 2.45) is 0 Å². The second-order valence-electron chi connectivity index (χ2n) is 4.30. The maximum Gasteiger partial charge on any atom is 0.0826 e. The van der Waals surface area contributed by atoms with Crippen LogP contribution in [0.1, 0.15) is 6.92 Å². The molecule has 0 bridgehead atoms. The molecule has 3 unspecified atom stereocenters. The maximum absolute atomic E-state index is 11.0. The predicted octanol–water partition coefficient (Wildman–Crippen LogP) is -0.326. The monoisotopic (exact) mass is 234 g/mol. The zero-order valence-electron chi connectivity index (χ0n) is 9.86. The van der Waals surface area contributed by atoms with Crippen molar-refractivity contribution in [3.8, 4) is 0 Å². The van der Waals surface area contributed by atoms with Crippen molar-refractivity contribution in [2.45, 2.75) is 19.1 Å². The number of hydrogen-bond acceptors (Lipinski definition) is 4. The Balaban J connectivity index is 2.15. The molecule has 0 saturated carbocycles. The lowest BCUT2D eigenvalue weighted by Crippen LogP contribution is -2.47. The van der Waals surface area contributed by atoms with Crippen LogP contribution in [-0.4, -0.2) is 66.6 Å². The molecule has 4 nitrogen and oxygen atoms in total. The van der Waals surface area contributed by atoms with Gasteiger partial charge in [-0.25, -0.2) is 0 Å². The Morgan fingerprint density at radius 1 is 1.67 bits per heavy atom. The summed E-state index contributed by atoms with van der Waals surface area (Å²) >= 11 is 0. The van der Waals surface area contributed by atoms with Crippen molar-refractivity contribution >= 4 is 10.8 Å². The molecule has 1 rings (SSSR count). The fourth-order valence-corrected chi connectivity index (χ4v) is 2.56. The van der Waals surface area contributed by atoms with Crippen molar-refractivity contribution in [3.63, 3.8) is 0 Å². The highest BCUT2D eigenvalue weighted by atomic mass is 32.2. The summed E-state index contributed by atoms with van der Waals surface area (Å²) in [5.74, 6) is 0.711. The summed E-state index contributed by atoms with van der Waals surface area (Å²) in [6, 6.07) is 0.298. The third kappa shape index (κ3) is 5.61. The van der Waals surface area contributed by atoms with Crippen LogP contribution in [0.15, 0.2) is 0 Å². The molecule has 1 fully saturated rings. The van der Waals surface area contributed by atoms with Crippen molar-refractivity contribution in [3.05, 3.63) is 0 Å². The third-order valence-electron chi connectivity index (χ3n) is 2.52.